The Morgan fingerprint density at radius 3 is 2.36 bits per heavy atom. The number of carbonyl (C=O) groups is 2. The third-order valence-corrected chi connectivity index (χ3v) is 4.83. The van der Waals surface area contributed by atoms with Gasteiger partial charge in [0.15, 0.2) is 11.6 Å². The SMILES string of the molecule is NC(=O)[C@H](CC[S@](=O)c1ccccc1)NC(=O)c1ccc(F)c(F)c1. The van der Waals surface area contributed by atoms with Crippen molar-refractivity contribution in [3.63, 3.8) is 0 Å². The Hall–Kier alpha value is -2.61. The minimum Gasteiger partial charge on any atom is -0.368 e. The van der Waals surface area contributed by atoms with Crippen molar-refractivity contribution >= 4 is 22.6 Å². The van der Waals surface area contributed by atoms with Crippen LogP contribution in [0.3, 0.4) is 0 Å². The van der Waals surface area contributed by atoms with Crippen LogP contribution < -0.4 is 11.1 Å². The van der Waals surface area contributed by atoms with Crippen LogP contribution in [0.15, 0.2) is 53.4 Å². The van der Waals surface area contributed by atoms with E-state index in [4.69, 9.17) is 5.73 Å². The van der Waals surface area contributed by atoms with Crippen LogP contribution in [0, 0.1) is 11.6 Å². The lowest BCUT2D eigenvalue weighted by Crippen LogP contribution is -2.45. The summed E-state index contributed by atoms with van der Waals surface area (Å²) in [5.74, 6) is -3.72. The molecule has 2 rings (SSSR count). The quantitative estimate of drug-likeness (QED) is 0.782. The standard InChI is InChI=1S/C17H16F2N2O3S/c18-13-7-6-11(10-14(13)19)17(23)21-15(16(20)22)8-9-25(24)12-4-2-1-3-5-12/h1-7,10,15H,8-9H2,(H2,20,22)(H,21,23)/t15-,25-/m0/s1. The van der Waals surface area contributed by atoms with E-state index in [1.165, 1.54) is 0 Å². The lowest BCUT2D eigenvalue weighted by atomic mass is 10.1. The van der Waals surface area contributed by atoms with Gasteiger partial charge in [-0.05, 0) is 36.8 Å². The zero-order valence-corrected chi connectivity index (χ0v) is 13.9. The molecule has 0 aliphatic carbocycles. The molecule has 0 saturated carbocycles. The number of halogens is 2. The molecular weight excluding hydrogens is 350 g/mol. The van der Waals surface area contributed by atoms with Crippen LogP contribution in [0.2, 0.25) is 0 Å². The molecule has 25 heavy (non-hydrogen) atoms. The third kappa shape index (κ3) is 5.18. The Morgan fingerprint density at radius 2 is 1.76 bits per heavy atom. The molecule has 5 nitrogen and oxygen atoms in total. The molecule has 3 N–H and O–H groups in total. The van der Waals surface area contributed by atoms with Crippen LogP contribution in [-0.4, -0.2) is 27.8 Å². The van der Waals surface area contributed by atoms with Gasteiger partial charge in [-0.3, -0.25) is 13.8 Å². The fraction of sp³-hybridized carbons (Fsp3) is 0.176. The molecule has 2 atom stereocenters. The van der Waals surface area contributed by atoms with E-state index in [1.807, 2.05) is 0 Å². The summed E-state index contributed by atoms with van der Waals surface area (Å²) < 4.78 is 38.3. The van der Waals surface area contributed by atoms with E-state index in [9.17, 15) is 22.6 Å². The summed E-state index contributed by atoms with van der Waals surface area (Å²) in [7, 11) is -1.36. The Balaban J connectivity index is 2.00. The number of amides is 2. The van der Waals surface area contributed by atoms with Gasteiger partial charge in [0.2, 0.25) is 5.91 Å². The molecule has 0 spiro atoms. The number of nitrogens with two attached hydrogens (primary N) is 1. The summed E-state index contributed by atoms with van der Waals surface area (Å²) >= 11 is 0. The van der Waals surface area contributed by atoms with E-state index in [2.05, 4.69) is 5.32 Å². The number of rotatable bonds is 7. The molecule has 0 heterocycles. The molecule has 0 unspecified atom stereocenters. The molecule has 132 valence electrons. The Bertz CT molecular complexity index is 800. The second-order valence-electron chi connectivity index (χ2n) is 5.21. The molecule has 0 aliphatic rings. The molecule has 2 aromatic rings. The minimum absolute atomic E-state index is 0.0479. The van der Waals surface area contributed by atoms with E-state index in [0.717, 1.165) is 18.2 Å². The summed E-state index contributed by atoms with van der Waals surface area (Å²) in [6.45, 7) is 0. The van der Waals surface area contributed by atoms with Crippen molar-refractivity contribution in [3.05, 3.63) is 65.7 Å². The van der Waals surface area contributed by atoms with Crippen molar-refractivity contribution in [2.24, 2.45) is 5.73 Å². The van der Waals surface area contributed by atoms with Gasteiger partial charge >= 0.3 is 0 Å². The zero-order chi connectivity index (χ0) is 18.4. The molecule has 2 amide bonds. The maximum absolute atomic E-state index is 13.2. The average Bonchev–Trinajstić information content (AvgIpc) is 2.60. The summed E-state index contributed by atoms with van der Waals surface area (Å²) in [5, 5.41) is 2.35. The highest BCUT2D eigenvalue weighted by molar-refractivity contribution is 7.85. The summed E-state index contributed by atoms with van der Waals surface area (Å²) in [6.07, 6.45) is 0.0479. The highest BCUT2D eigenvalue weighted by Gasteiger charge is 2.21. The minimum atomic E-state index is -1.36. The number of hydrogen-bond donors (Lipinski definition) is 2. The Morgan fingerprint density at radius 1 is 1.08 bits per heavy atom. The van der Waals surface area contributed by atoms with E-state index >= 15 is 0 Å². The summed E-state index contributed by atoms with van der Waals surface area (Å²) in [6, 6.07) is 10.2. The highest BCUT2D eigenvalue weighted by Crippen LogP contribution is 2.10. The molecule has 8 heteroatoms. The van der Waals surface area contributed by atoms with Gasteiger partial charge in [-0.2, -0.15) is 0 Å². The van der Waals surface area contributed by atoms with Crippen LogP contribution in [0.1, 0.15) is 16.8 Å². The second-order valence-corrected chi connectivity index (χ2v) is 6.78. The first-order valence-corrected chi connectivity index (χ1v) is 8.69. The van der Waals surface area contributed by atoms with Crippen LogP contribution in [0.4, 0.5) is 8.78 Å². The van der Waals surface area contributed by atoms with Crippen LogP contribution in [0.25, 0.3) is 0 Å². The largest absolute Gasteiger partial charge is 0.368 e. The molecule has 0 aromatic heterocycles. The van der Waals surface area contributed by atoms with E-state index in [-0.39, 0.29) is 17.7 Å². The monoisotopic (exact) mass is 366 g/mol. The van der Waals surface area contributed by atoms with Crippen molar-refractivity contribution in [1.29, 1.82) is 0 Å². The molecule has 0 saturated heterocycles. The molecular formula is C17H16F2N2O3S. The molecule has 2 aromatic carbocycles. The van der Waals surface area contributed by atoms with Gasteiger partial charge in [0.05, 0.1) is 10.8 Å². The number of nitrogens with one attached hydrogen (secondary N) is 1. The molecule has 0 fully saturated rings. The van der Waals surface area contributed by atoms with E-state index in [0.29, 0.717) is 4.90 Å². The first kappa shape index (κ1) is 18.7. The summed E-state index contributed by atoms with van der Waals surface area (Å²) in [4.78, 5) is 24.2. The first-order chi connectivity index (χ1) is 11.9. The van der Waals surface area contributed by atoms with Gasteiger partial charge in [0.25, 0.3) is 5.91 Å². The fourth-order valence-corrected chi connectivity index (χ4v) is 3.23. The lowest BCUT2D eigenvalue weighted by molar-refractivity contribution is -0.119. The smallest absolute Gasteiger partial charge is 0.252 e. The number of carbonyl (C=O) groups excluding carboxylic acids is 2. The Labute approximate surface area is 145 Å². The van der Waals surface area contributed by atoms with Crippen molar-refractivity contribution < 1.29 is 22.6 Å². The molecule has 0 bridgehead atoms. The predicted octanol–water partition coefficient (Wildman–Crippen LogP) is 1.75. The highest BCUT2D eigenvalue weighted by atomic mass is 32.2. The lowest BCUT2D eigenvalue weighted by Gasteiger charge is -2.15. The maximum Gasteiger partial charge on any atom is 0.252 e. The van der Waals surface area contributed by atoms with Crippen molar-refractivity contribution in [2.75, 3.05) is 5.75 Å². The zero-order valence-electron chi connectivity index (χ0n) is 13.1. The van der Waals surface area contributed by atoms with Gasteiger partial charge in [-0.15, -0.1) is 0 Å². The van der Waals surface area contributed by atoms with Gasteiger partial charge in [-0.25, -0.2) is 8.78 Å². The average molecular weight is 366 g/mol. The maximum atomic E-state index is 13.2. The van der Waals surface area contributed by atoms with Gasteiger partial charge in [-0.1, -0.05) is 18.2 Å². The van der Waals surface area contributed by atoms with Crippen molar-refractivity contribution in [2.45, 2.75) is 17.4 Å². The van der Waals surface area contributed by atoms with Crippen LogP contribution in [0.5, 0.6) is 0 Å². The summed E-state index contributed by atoms with van der Waals surface area (Å²) in [5.41, 5.74) is 5.11. The van der Waals surface area contributed by atoms with Crippen LogP contribution >= 0.6 is 0 Å². The molecule has 0 radical (unpaired) electrons. The van der Waals surface area contributed by atoms with Crippen molar-refractivity contribution in [1.82, 2.24) is 5.32 Å². The van der Waals surface area contributed by atoms with Gasteiger partial charge < -0.3 is 11.1 Å². The third-order valence-electron chi connectivity index (χ3n) is 3.43. The first-order valence-electron chi connectivity index (χ1n) is 7.37. The number of primary amides is 1. The predicted molar refractivity (Wildman–Crippen MR) is 89.1 cm³/mol. The number of hydrogen-bond acceptors (Lipinski definition) is 3. The van der Waals surface area contributed by atoms with E-state index in [1.54, 1.807) is 30.3 Å². The topological polar surface area (TPSA) is 89.3 Å². The Kier molecular flexibility index (Phi) is 6.35. The van der Waals surface area contributed by atoms with Gasteiger partial charge in [0, 0.05) is 16.2 Å². The normalized spacial score (nSPS) is 13.0. The van der Waals surface area contributed by atoms with Crippen LogP contribution in [-0.2, 0) is 15.6 Å². The fourth-order valence-electron chi connectivity index (χ4n) is 2.08. The molecule has 0 aliphatic heterocycles. The number of benzene rings is 2. The van der Waals surface area contributed by atoms with E-state index < -0.39 is 40.3 Å². The van der Waals surface area contributed by atoms with Crippen molar-refractivity contribution in [3.8, 4) is 0 Å². The second kappa shape index (κ2) is 8.48. The van der Waals surface area contributed by atoms with Gasteiger partial charge in [0.1, 0.15) is 6.04 Å².